The maximum Gasteiger partial charge on any atom is 0.176 e. The van der Waals surface area contributed by atoms with Crippen molar-refractivity contribution in [1.29, 1.82) is 0 Å². The zero-order chi connectivity index (χ0) is 17.7. The molecule has 0 unspecified atom stereocenters. The monoisotopic (exact) mass is 413 g/mol. The highest BCUT2D eigenvalue weighted by Crippen LogP contribution is 2.22. The van der Waals surface area contributed by atoms with E-state index in [2.05, 4.69) is 45.5 Å². The molecule has 2 heterocycles. The van der Waals surface area contributed by atoms with Gasteiger partial charge in [-0.25, -0.2) is 14.4 Å². The molecule has 8 heteroatoms. The molecular formula is C16H21BrFN3O2Si. The Morgan fingerprint density at radius 1 is 1.33 bits per heavy atom. The number of carbonyl (C=O) groups excluding carboxylic acids is 1. The molecule has 0 atom stereocenters. The molecule has 0 saturated carbocycles. The molecule has 0 aromatic carbocycles. The van der Waals surface area contributed by atoms with Gasteiger partial charge in [-0.2, -0.15) is 0 Å². The van der Waals surface area contributed by atoms with E-state index in [1.807, 2.05) is 0 Å². The van der Waals surface area contributed by atoms with Gasteiger partial charge in [0.05, 0.1) is 10.9 Å². The number of aromatic nitrogens is 3. The Labute approximate surface area is 150 Å². The van der Waals surface area contributed by atoms with Gasteiger partial charge in [0.25, 0.3) is 0 Å². The van der Waals surface area contributed by atoms with Gasteiger partial charge in [-0.1, -0.05) is 35.6 Å². The van der Waals surface area contributed by atoms with Gasteiger partial charge in [0.1, 0.15) is 12.4 Å². The predicted molar refractivity (Wildman–Crippen MR) is 97.6 cm³/mol. The number of Topliss-reactive ketones (excluding diaryl/α,β-unsaturated/α-hetero) is 1. The number of rotatable bonds is 8. The molecule has 0 spiro atoms. The van der Waals surface area contributed by atoms with Crippen molar-refractivity contribution in [1.82, 2.24) is 14.5 Å². The largest absolute Gasteiger partial charge is 0.361 e. The average Bonchev–Trinajstić information content (AvgIpc) is 2.98. The fourth-order valence-electron chi connectivity index (χ4n) is 2.06. The van der Waals surface area contributed by atoms with Crippen molar-refractivity contribution >= 4 is 29.8 Å². The van der Waals surface area contributed by atoms with Crippen LogP contribution in [0.4, 0.5) is 4.39 Å². The number of alkyl halides is 1. The summed E-state index contributed by atoms with van der Waals surface area (Å²) in [6.45, 7) is 7.78. The second kappa shape index (κ2) is 8.13. The third-order valence-corrected chi connectivity index (χ3v) is 5.68. The Hall–Kier alpha value is -1.38. The highest BCUT2D eigenvalue weighted by atomic mass is 79.9. The van der Waals surface area contributed by atoms with Gasteiger partial charge in [0.15, 0.2) is 17.4 Å². The maximum absolute atomic E-state index is 14.6. The van der Waals surface area contributed by atoms with Crippen LogP contribution in [0.2, 0.25) is 25.7 Å². The maximum atomic E-state index is 14.6. The first-order valence-electron chi connectivity index (χ1n) is 7.66. The van der Waals surface area contributed by atoms with Crippen LogP contribution in [0.15, 0.2) is 24.7 Å². The molecule has 0 aliphatic carbocycles. The van der Waals surface area contributed by atoms with E-state index in [-0.39, 0.29) is 29.1 Å². The SMILES string of the molecule is C[Si](C)(C)CCOCn1ccnc1-c1nccc(C(=O)CBr)c1F. The number of carbonyl (C=O) groups is 1. The smallest absolute Gasteiger partial charge is 0.176 e. The minimum atomic E-state index is -1.15. The third kappa shape index (κ3) is 4.81. The van der Waals surface area contributed by atoms with E-state index in [0.717, 1.165) is 6.04 Å². The first kappa shape index (κ1) is 18.9. The lowest BCUT2D eigenvalue weighted by Gasteiger charge is -2.16. The minimum Gasteiger partial charge on any atom is -0.361 e. The van der Waals surface area contributed by atoms with Crippen LogP contribution in [0.5, 0.6) is 0 Å². The van der Waals surface area contributed by atoms with Crippen LogP contribution >= 0.6 is 15.9 Å². The summed E-state index contributed by atoms with van der Waals surface area (Å²) in [7, 11) is -1.15. The van der Waals surface area contributed by atoms with E-state index in [1.165, 1.54) is 12.3 Å². The summed E-state index contributed by atoms with van der Waals surface area (Å²) in [4.78, 5) is 20.0. The lowest BCUT2D eigenvalue weighted by molar-refractivity contribution is 0.0882. The van der Waals surface area contributed by atoms with E-state index in [9.17, 15) is 9.18 Å². The number of hydrogen-bond acceptors (Lipinski definition) is 4. The first-order valence-corrected chi connectivity index (χ1v) is 12.5. The van der Waals surface area contributed by atoms with Gasteiger partial charge in [-0.3, -0.25) is 4.79 Å². The van der Waals surface area contributed by atoms with Crippen LogP contribution in [0, 0.1) is 5.82 Å². The third-order valence-electron chi connectivity index (χ3n) is 3.47. The van der Waals surface area contributed by atoms with Gasteiger partial charge in [0.2, 0.25) is 0 Å². The highest BCUT2D eigenvalue weighted by Gasteiger charge is 2.19. The van der Waals surface area contributed by atoms with Crippen LogP contribution in [0.1, 0.15) is 10.4 Å². The van der Waals surface area contributed by atoms with E-state index >= 15 is 0 Å². The Balaban J connectivity index is 2.17. The van der Waals surface area contributed by atoms with Crippen molar-refractivity contribution in [3.63, 3.8) is 0 Å². The van der Waals surface area contributed by atoms with Gasteiger partial charge in [0, 0.05) is 33.3 Å². The minimum absolute atomic E-state index is 0.00563. The molecular weight excluding hydrogens is 393 g/mol. The van der Waals surface area contributed by atoms with E-state index in [4.69, 9.17) is 4.74 Å². The van der Waals surface area contributed by atoms with Crippen molar-refractivity contribution in [2.45, 2.75) is 32.4 Å². The quantitative estimate of drug-likeness (QED) is 0.284. The van der Waals surface area contributed by atoms with Gasteiger partial charge in [-0.05, 0) is 12.1 Å². The molecule has 0 aliphatic rings. The number of pyridine rings is 1. The summed E-state index contributed by atoms with van der Waals surface area (Å²) in [6.07, 6.45) is 4.70. The van der Waals surface area contributed by atoms with Gasteiger partial charge < -0.3 is 9.30 Å². The first-order chi connectivity index (χ1) is 11.3. The van der Waals surface area contributed by atoms with Crippen LogP contribution in [-0.4, -0.2) is 40.3 Å². The van der Waals surface area contributed by atoms with E-state index in [0.29, 0.717) is 12.4 Å². The number of ketones is 1. The summed E-state index contributed by atoms with van der Waals surface area (Å²) in [5.41, 5.74) is 0.0617. The molecule has 2 aromatic heterocycles. The van der Waals surface area contributed by atoms with Crippen LogP contribution < -0.4 is 0 Å². The molecule has 0 bridgehead atoms. The number of halogens is 2. The lowest BCUT2D eigenvalue weighted by atomic mass is 10.1. The van der Waals surface area contributed by atoms with Crippen molar-refractivity contribution < 1.29 is 13.9 Å². The van der Waals surface area contributed by atoms with Crippen molar-refractivity contribution in [3.05, 3.63) is 36.0 Å². The van der Waals surface area contributed by atoms with E-state index in [1.54, 1.807) is 17.0 Å². The molecule has 0 fully saturated rings. The van der Waals surface area contributed by atoms with Crippen molar-refractivity contribution in [2.24, 2.45) is 0 Å². The summed E-state index contributed by atoms with van der Waals surface area (Å²) >= 11 is 3.06. The zero-order valence-corrected chi connectivity index (χ0v) is 16.6. The number of hydrogen-bond donors (Lipinski definition) is 0. The summed E-state index contributed by atoms with van der Waals surface area (Å²) < 4.78 is 22.0. The second-order valence-electron chi connectivity index (χ2n) is 6.65. The average molecular weight is 414 g/mol. The molecule has 0 saturated heterocycles. The Kier molecular flexibility index (Phi) is 6.42. The molecule has 2 rings (SSSR count). The predicted octanol–water partition coefficient (Wildman–Crippen LogP) is 3.97. The summed E-state index contributed by atoms with van der Waals surface area (Å²) in [6, 6.07) is 2.43. The fraction of sp³-hybridized carbons (Fsp3) is 0.438. The standard InChI is InChI=1S/C16H21BrFN3O2Si/c1-24(2,3)9-8-23-11-21-7-6-20-16(21)15-14(18)12(4-5-19-15)13(22)10-17/h4-7H,8-11H2,1-3H3. The lowest BCUT2D eigenvalue weighted by Crippen LogP contribution is -2.22. The number of ether oxygens (including phenoxy) is 1. The van der Waals surface area contributed by atoms with Crippen molar-refractivity contribution in [2.75, 3.05) is 11.9 Å². The molecule has 130 valence electrons. The molecule has 24 heavy (non-hydrogen) atoms. The topological polar surface area (TPSA) is 57.0 Å². The van der Waals surface area contributed by atoms with Crippen molar-refractivity contribution in [3.8, 4) is 11.5 Å². The molecule has 5 nitrogen and oxygen atoms in total. The highest BCUT2D eigenvalue weighted by molar-refractivity contribution is 9.09. The molecule has 0 radical (unpaired) electrons. The van der Waals surface area contributed by atoms with Gasteiger partial charge >= 0.3 is 0 Å². The van der Waals surface area contributed by atoms with E-state index < -0.39 is 13.9 Å². The number of imidazole rings is 1. The van der Waals surface area contributed by atoms with Crippen LogP contribution in [-0.2, 0) is 11.5 Å². The zero-order valence-electron chi connectivity index (χ0n) is 14.1. The van der Waals surface area contributed by atoms with Crippen LogP contribution in [0.3, 0.4) is 0 Å². The number of nitrogens with zero attached hydrogens (tertiary/aromatic N) is 3. The molecule has 2 aromatic rings. The molecule has 0 amide bonds. The molecule has 0 aliphatic heterocycles. The fourth-order valence-corrected chi connectivity index (χ4v) is 3.12. The summed E-state index contributed by atoms with van der Waals surface area (Å²) in [5.74, 6) is -0.637. The second-order valence-corrected chi connectivity index (χ2v) is 12.8. The summed E-state index contributed by atoms with van der Waals surface area (Å²) in [5, 5.41) is 0.0572. The normalized spacial score (nSPS) is 11.7. The van der Waals surface area contributed by atoms with Gasteiger partial charge in [-0.15, -0.1) is 0 Å². The van der Waals surface area contributed by atoms with Crippen LogP contribution in [0.25, 0.3) is 11.5 Å². The Morgan fingerprint density at radius 2 is 2.08 bits per heavy atom. The Morgan fingerprint density at radius 3 is 2.75 bits per heavy atom. The Bertz CT molecular complexity index is 716. The molecule has 0 N–H and O–H groups in total.